The maximum absolute atomic E-state index is 11.3. The Kier molecular flexibility index (Phi) is 14.6. The van der Waals surface area contributed by atoms with Crippen LogP contribution in [0.3, 0.4) is 0 Å². The Hall–Kier alpha value is 1.17. The number of urea groups is 1. The molecule has 0 unspecified atom stereocenters. The van der Waals surface area contributed by atoms with Crippen LogP contribution in [-0.2, 0) is 9.36 Å². The predicted molar refractivity (Wildman–Crippen MR) is 62.0 cm³/mol. The van der Waals surface area contributed by atoms with E-state index in [4.69, 9.17) is 25.0 Å². The molecule has 0 aromatic rings. The molecule has 0 aliphatic rings. The fourth-order valence-corrected chi connectivity index (χ4v) is 0.894. The number of phosphoric acid groups is 1. The van der Waals surface area contributed by atoms with E-state index in [0.717, 1.165) is 0 Å². The molecule has 0 heterocycles. The van der Waals surface area contributed by atoms with E-state index in [0.29, 0.717) is 12.8 Å². The summed E-state index contributed by atoms with van der Waals surface area (Å²) in [7, 11) is -4.89. The van der Waals surface area contributed by atoms with Crippen LogP contribution in [0.25, 0.3) is 0 Å². The normalized spacial score (nSPS) is 10.6. The number of nitrogens with two attached hydrogens (primary N) is 1. The minimum absolute atomic E-state index is 0. The molecule has 5 N–H and O–H groups in total. The van der Waals surface area contributed by atoms with Crippen LogP contribution in [0.1, 0.15) is 26.7 Å². The van der Waals surface area contributed by atoms with Gasteiger partial charge in [-0.3, -0.25) is 14.7 Å². The van der Waals surface area contributed by atoms with Gasteiger partial charge >= 0.3 is 57.4 Å². The second-order valence-corrected chi connectivity index (χ2v) is 5.48. The van der Waals surface area contributed by atoms with Gasteiger partial charge < -0.3 is 20.4 Å². The van der Waals surface area contributed by atoms with Crippen molar-refractivity contribution in [2.45, 2.75) is 31.0 Å². The van der Waals surface area contributed by atoms with Crippen molar-refractivity contribution >= 4 is 35.7 Å². The van der Waals surface area contributed by atoms with Gasteiger partial charge in [0.15, 0.2) is 0 Å². The summed E-state index contributed by atoms with van der Waals surface area (Å²) in [5.41, 5.74) is 4.81. The first-order valence-electron chi connectivity index (χ1n) is 4.52. The number of rotatable bonds is 3. The zero-order valence-electron chi connectivity index (χ0n) is 10.3. The second-order valence-electron chi connectivity index (χ2n) is 2.98. The maximum Gasteiger partial charge on any atom is 1.00 e. The second kappa shape index (κ2) is 10.9. The number of hydrogen-bond donors (Lipinski definition) is 4. The number of nitrogens with one attached hydrogen (secondary N) is 1. The number of hydrogen-bond acceptors (Lipinski definition) is 4. The summed E-state index contributed by atoms with van der Waals surface area (Å²) >= 11 is 3.26. The van der Waals surface area contributed by atoms with E-state index >= 15 is 0 Å². The molecular weight excluding hydrogens is 358 g/mol. The molecule has 0 saturated heterocycles. The Morgan fingerprint density at radius 1 is 1.39 bits per heavy atom. The Balaban J connectivity index is -0.000000321. The molecule has 0 fully saturated rings. The third-order valence-corrected chi connectivity index (χ3v) is 3.25. The Morgan fingerprint density at radius 2 is 1.67 bits per heavy atom. The molecule has 102 valence electrons. The van der Waals surface area contributed by atoms with Crippen LogP contribution in [0.2, 0.25) is 0 Å². The van der Waals surface area contributed by atoms with Crippen molar-refractivity contribution in [2.24, 2.45) is 5.73 Å². The van der Waals surface area contributed by atoms with Crippen LogP contribution in [0.15, 0.2) is 0 Å². The van der Waals surface area contributed by atoms with Crippen LogP contribution in [-0.4, -0.2) is 26.0 Å². The summed E-state index contributed by atoms with van der Waals surface area (Å²) in [6.07, 6.45) is 1.23. The summed E-state index contributed by atoms with van der Waals surface area (Å²) in [5.74, 6) is -0.375. The third kappa shape index (κ3) is 15.2. The van der Waals surface area contributed by atoms with Crippen molar-refractivity contribution in [1.82, 2.24) is 5.32 Å². The summed E-state index contributed by atoms with van der Waals surface area (Å²) in [6, 6.07) is -0.814. The van der Waals surface area contributed by atoms with Crippen molar-refractivity contribution in [3.8, 4) is 0 Å². The average molecular weight is 373 g/mol. The van der Waals surface area contributed by atoms with Gasteiger partial charge in [0, 0.05) is 0 Å². The number of carbonyl (C=O) groups excluding carboxylic acids is 2. The molecule has 0 aromatic carbocycles. The molecule has 0 atom stereocenters. The molecule has 18 heavy (non-hydrogen) atoms. The van der Waals surface area contributed by atoms with Gasteiger partial charge in [0.05, 0.1) is 0 Å². The molecule has 0 aromatic heterocycles. The van der Waals surface area contributed by atoms with Gasteiger partial charge in [-0.15, -0.1) is 0 Å². The quantitative estimate of drug-likeness (QED) is 0.230. The van der Waals surface area contributed by atoms with E-state index in [1.165, 1.54) is 0 Å². The molecule has 0 rings (SSSR count). The van der Waals surface area contributed by atoms with E-state index in [9.17, 15) is 9.59 Å². The van der Waals surface area contributed by atoms with Crippen LogP contribution in [0, 0.1) is 0 Å². The fourth-order valence-electron chi connectivity index (χ4n) is 0.795. The number of halogens is 1. The van der Waals surface area contributed by atoms with Crippen LogP contribution < -0.4 is 67.3 Å². The van der Waals surface area contributed by atoms with Gasteiger partial charge in [0.1, 0.15) is 4.32 Å². The SMILES string of the molecule is CCC(Br)(CC)C(=O)NC(N)=O.O=P([O-])(O)O.[K+]. The summed E-state index contributed by atoms with van der Waals surface area (Å²) in [5, 5.41) is 2.04. The molecule has 0 aliphatic heterocycles. The summed E-state index contributed by atoms with van der Waals surface area (Å²) < 4.78 is 8.11. The number of carbonyl (C=O) groups is 2. The smallest absolute Gasteiger partial charge is 0.756 e. The molecule has 0 aliphatic carbocycles. The monoisotopic (exact) mass is 372 g/mol. The van der Waals surface area contributed by atoms with E-state index in [1.54, 1.807) is 0 Å². The topological polar surface area (TPSA) is 153 Å². The van der Waals surface area contributed by atoms with Crippen LogP contribution in [0.5, 0.6) is 0 Å². The number of imide groups is 1. The minimum atomic E-state index is -4.89. The first-order chi connectivity index (χ1) is 7.46. The number of alkyl halides is 1. The predicted octanol–water partition coefficient (Wildman–Crippen LogP) is -3.42. The first kappa shape index (κ1) is 24.2. The van der Waals surface area contributed by atoms with Gasteiger partial charge in [0.25, 0.3) is 7.82 Å². The zero-order valence-corrected chi connectivity index (χ0v) is 15.9. The minimum Gasteiger partial charge on any atom is -0.756 e. The van der Waals surface area contributed by atoms with Gasteiger partial charge in [0.2, 0.25) is 5.91 Å². The Morgan fingerprint density at radius 3 is 1.83 bits per heavy atom. The van der Waals surface area contributed by atoms with Gasteiger partial charge in [-0.05, 0) is 12.8 Å². The molecule has 3 amide bonds. The third-order valence-electron chi connectivity index (χ3n) is 1.76. The van der Waals surface area contributed by atoms with E-state index in [1.807, 2.05) is 19.2 Å². The molecule has 0 spiro atoms. The van der Waals surface area contributed by atoms with Gasteiger partial charge in [-0.2, -0.15) is 0 Å². The molecule has 11 heteroatoms. The van der Waals surface area contributed by atoms with Crippen molar-refractivity contribution in [3.05, 3.63) is 0 Å². The van der Waals surface area contributed by atoms with Gasteiger partial charge in [-0.1, -0.05) is 29.8 Å². The van der Waals surface area contributed by atoms with E-state index in [-0.39, 0.29) is 57.3 Å². The molecular formula is C7H15BrKN2O6P. The zero-order chi connectivity index (χ0) is 14.3. The molecule has 0 bridgehead atoms. The van der Waals surface area contributed by atoms with Crippen molar-refractivity contribution < 1.29 is 80.2 Å². The maximum atomic E-state index is 11.3. The fraction of sp³-hybridized carbons (Fsp3) is 0.714. The molecule has 8 nitrogen and oxygen atoms in total. The van der Waals surface area contributed by atoms with E-state index in [2.05, 4.69) is 15.9 Å². The van der Waals surface area contributed by atoms with Crippen molar-refractivity contribution in [3.63, 3.8) is 0 Å². The van der Waals surface area contributed by atoms with Crippen LogP contribution >= 0.6 is 23.8 Å². The Labute approximate surface area is 156 Å². The largest absolute Gasteiger partial charge is 1.00 e. The van der Waals surface area contributed by atoms with Crippen LogP contribution in [0.4, 0.5) is 4.79 Å². The molecule has 0 saturated carbocycles. The van der Waals surface area contributed by atoms with Gasteiger partial charge in [-0.25, -0.2) is 4.79 Å². The average Bonchev–Trinajstić information content (AvgIpc) is 2.12. The number of primary amides is 1. The van der Waals surface area contributed by atoms with Crippen molar-refractivity contribution in [2.75, 3.05) is 0 Å². The van der Waals surface area contributed by atoms with Crippen molar-refractivity contribution in [1.29, 1.82) is 0 Å². The number of amides is 3. The molecule has 0 radical (unpaired) electrons. The summed E-state index contributed by atoms with van der Waals surface area (Å²) in [6.45, 7) is 3.72. The summed E-state index contributed by atoms with van der Waals surface area (Å²) in [4.78, 5) is 44.6. The Bertz CT molecular complexity index is 311. The first-order valence-corrected chi connectivity index (χ1v) is 6.85. The standard InChI is InChI=1S/C7H13BrN2O2.K.H3O4P/c1-3-7(8,4-2)5(11)10-6(9)12;;1-5(2,3)4/h3-4H2,1-2H3,(H3,9,10,11,12);;(H3,1,2,3,4)/q;+1;/p-1. The van der Waals surface area contributed by atoms with E-state index < -0.39 is 18.2 Å².